The zero-order chi connectivity index (χ0) is 8.39. The Balaban J connectivity index is 2.36. The predicted molar refractivity (Wildman–Crippen MR) is 55.6 cm³/mol. The minimum absolute atomic E-state index is 0.973. The molecule has 0 spiro atoms. The SMILES string of the molecule is COc1ccc2c(c1)CSSC2. The van der Waals surface area contributed by atoms with Crippen LogP contribution < -0.4 is 4.74 Å². The standard InChI is InChI=1S/C9H10OS2/c1-10-9-3-2-7-5-11-12-6-8(7)4-9/h2-4H,5-6H2,1H3. The summed E-state index contributed by atoms with van der Waals surface area (Å²) in [5, 5.41) is 0. The van der Waals surface area contributed by atoms with Gasteiger partial charge in [-0.05, 0) is 23.3 Å². The summed E-state index contributed by atoms with van der Waals surface area (Å²) in [4.78, 5) is 0. The molecule has 0 N–H and O–H groups in total. The van der Waals surface area contributed by atoms with Crippen molar-refractivity contribution in [2.45, 2.75) is 11.5 Å². The van der Waals surface area contributed by atoms with Crippen LogP contribution in [0.3, 0.4) is 0 Å². The van der Waals surface area contributed by atoms with E-state index in [1.165, 1.54) is 11.1 Å². The monoisotopic (exact) mass is 198 g/mol. The summed E-state index contributed by atoms with van der Waals surface area (Å²) in [6.45, 7) is 0. The van der Waals surface area contributed by atoms with Gasteiger partial charge in [-0.25, -0.2) is 0 Å². The highest BCUT2D eigenvalue weighted by molar-refractivity contribution is 8.76. The van der Waals surface area contributed by atoms with E-state index in [9.17, 15) is 0 Å². The zero-order valence-electron chi connectivity index (χ0n) is 6.87. The molecule has 0 aliphatic carbocycles. The molecule has 0 saturated heterocycles. The minimum Gasteiger partial charge on any atom is -0.497 e. The number of benzene rings is 1. The van der Waals surface area contributed by atoms with E-state index in [0.717, 1.165) is 17.3 Å². The van der Waals surface area contributed by atoms with Gasteiger partial charge in [-0.2, -0.15) is 0 Å². The molecule has 0 saturated carbocycles. The van der Waals surface area contributed by atoms with Crippen LogP contribution >= 0.6 is 21.6 Å². The Bertz CT molecular complexity index is 286. The van der Waals surface area contributed by atoms with Crippen LogP contribution in [0, 0.1) is 0 Å². The number of rotatable bonds is 1. The van der Waals surface area contributed by atoms with E-state index in [0.29, 0.717) is 0 Å². The molecule has 1 aromatic carbocycles. The maximum absolute atomic E-state index is 5.16. The quantitative estimate of drug-likeness (QED) is 0.642. The van der Waals surface area contributed by atoms with Gasteiger partial charge in [-0.3, -0.25) is 0 Å². The van der Waals surface area contributed by atoms with Gasteiger partial charge in [0.2, 0.25) is 0 Å². The first kappa shape index (κ1) is 8.32. The molecule has 2 rings (SSSR count). The van der Waals surface area contributed by atoms with Crippen molar-refractivity contribution in [2.75, 3.05) is 7.11 Å². The molecule has 0 atom stereocenters. The van der Waals surface area contributed by atoms with E-state index in [1.54, 1.807) is 7.11 Å². The number of ether oxygens (including phenoxy) is 1. The van der Waals surface area contributed by atoms with Gasteiger partial charge in [0.25, 0.3) is 0 Å². The summed E-state index contributed by atoms with van der Waals surface area (Å²) in [6, 6.07) is 6.35. The van der Waals surface area contributed by atoms with Gasteiger partial charge in [0.1, 0.15) is 5.75 Å². The smallest absolute Gasteiger partial charge is 0.119 e. The third-order valence-corrected chi connectivity index (χ3v) is 4.16. The van der Waals surface area contributed by atoms with Crippen molar-refractivity contribution in [3.63, 3.8) is 0 Å². The topological polar surface area (TPSA) is 9.23 Å². The summed E-state index contributed by atoms with van der Waals surface area (Å²) < 4.78 is 5.16. The number of methoxy groups -OCH3 is 1. The fraction of sp³-hybridized carbons (Fsp3) is 0.333. The second-order valence-electron chi connectivity index (χ2n) is 2.66. The van der Waals surface area contributed by atoms with Crippen LogP contribution in [-0.2, 0) is 11.5 Å². The van der Waals surface area contributed by atoms with E-state index >= 15 is 0 Å². The molecule has 12 heavy (non-hydrogen) atoms. The highest BCUT2D eigenvalue weighted by Crippen LogP contribution is 2.38. The Kier molecular flexibility index (Phi) is 2.51. The van der Waals surface area contributed by atoms with Crippen molar-refractivity contribution in [3.05, 3.63) is 29.3 Å². The maximum Gasteiger partial charge on any atom is 0.119 e. The van der Waals surface area contributed by atoms with Crippen LogP contribution in [0.5, 0.6) is 5.75 Å². The lowest BCUT2D eigenvalue weighted by molar-refractivity contribution is 0.414. The molecule has 1 heterocycles. The molecular weight excluding hydrogens is 188 g/mol. The molecule has 0 radical (unpaired) electrons. The molecule has 3 heteroatoms. The van der Waals surface area contributed by atoms with E-state index in [4.69, 9.17) is 4.74 Å². The van der Waals surface area contributed by atoms with E-state index < -0.39 is 0 Å². The fourth-order valence-corrected chi connectivity index (χ4v) is 3.45. The van der Waals surface area contributed by atoms with Crippen molar-refractivity contribution >= 4 is 21.6 Å². The maximum atomic E-state index is 5.16. The van der Waals surface area contributed by atoms with Crippen LogP contribution in [-0.4, -0.2) is 7.11 Å². The molecule has 0 fully saturated rings. The number of hydrogen-bond donors (Lipinski definition) is 0. The van der Waals surface area contributed by atoms with Crippen LogP contribution in [0.1, 0.15) is 11.1 Å². The highest BCUT2D eigenvalue weighted by Gasteiger charge is 2.09. The first-order valence-corrected chi connectivity index (χ1v) is 6.29. The largest absolute Gasteiger partial charge is 0.497 e. The van der Waals surface area contributed by atoms with E-state index in [1.807, 2.05) is 27.7 Å². The van der Waals surface area contributed by atoms with Gasteiger partial charge in [0.05, 0.1) is 7.11 Å². The molecule has 0 aromatic heterocycles. The fourth-order valence-electron chi connectivity index (χ4n) is 1.21. The van der Waals surface area contributed by atoms with Crippen molar-refractivity contribution in [1.29, 1.82) is 0 Å². The molecular formula is C9H10OS2. The summed E-state index contributed by atoms with van der Waals surface area (Å²) in [7, 11) is 5.56. The average Bonchev–Trinajstić information content (AvgIpc) is 2.17. The Labute approximate surface area is 80.3 Å². The summed E-state index contributed by atoms with van der Waals surface area (Å²) in [5.41, 5.74) is 2.89. The third-order valence-electron chi connectivity index (χ3n) is 1.93. The normalized spacial score (nSPS) is 15.4. The first-order valence-electron chi connectivity index (χ1n) is 3.80. The third kappa shape index (κ3) is 1.57. The Morgan fingerprint density at radius 2 is 1.92 bits per heavy atom. The highest BCUT2D eigenvalue weighted by atomic mass is 33.1. The lowest BCUT2D eigenvalue weighted by atomic mass is 10.1. The van der Waals surface area contributed by atoms with Gasteiger partial charge in [-0.1, -0.05) is 27.7 Å². The van der Waals surface area contributed by atoms with Crippen molar-refractivity contribution in [1.82, 2.24) is 0 Å². The Morgan fingerprint density at radius 1 is 1.17 bits per heavy atom. The molecule has 0 unspecified atom stereocenters. The second-order valence-corrected chi connectivity index (χ2v) is 5.12. The van der Waals surface area contributed by atoms with Crippen LogP contribution in [0.4, 0.5) is 0 Å². The Hall–Kier alpha value is -0.280. The lowest BCUT2D eigenvalue weighted by Crippen LogP contribution is -1.95. The van der Waals surface area contributed by atoms with Gasteiger partial charge < -0.3 is 4.74 Å². The van der Waals surface area contributed by atoms with Gasteiger partial charge in [0, 0.05) is 11.5 Å². The van der Waals surface area contributed by atoms with Crippen LogP contribution in [0.2, 0.25) is 0 Å². The average molecular weight is 198 g/mol. The Morgan fingerprint density at radius 3 is 2.67 bits per heavy atom. The van der Waals surface area contributed by atoms with E-state index in [2.05, 4.69) is 12.1 Å². The summed E-state index contributed by atoms with van der Waals surface area (Å²) in [6.07, 6.45) is 0. The first-order chi connectivity index (χ1) is 5.90. The van der Waals surface area contributed by atoms with Crippen molar-refractivity contribution in [3.8, 4) is 5.75 Å². The van der Waals surface area contributed by atoms with Crippen LogP contribution in [0.25, 0.3) is 0 Å². The lowest BCUT2D eigenvalue weighted by Gasteiger charge is -2.14. The number of fused-ring (bicyclic) bond motifs is 1. The molecule has 0 bridgehead atoms. The van der Waals surface area contributed by atoms with E-state index in [-0.39, 0.29) is 0 Å². The molecule has 0 amide bonds. The zero-order valence-corrected chi connectivity index (χ0v) is 8.50. The summed E-state index contributed by atoms with van der Waals surface area (Å²) in [5.74, 6) is 3.21. The molecule has 1 aliphatic heterocycles. The molecule has 1 nitrogen and oxygen atoms in total. The molecule has 1 aliphatic rings. The number of hydrogen-bond acceptors (Lipinski definition) is 3. The second kappa shape index (κ2) is 3.62. The van der Waals surface area contributed by atoms with Gasteiger partial charge >= 0.3 is 0 Å². The van der Waals surface area contributed by atoms with Crippen molar-refractivity contribution < 1.29 is 4.74 Å². The minimum atomic E-state index is 0.973. The van der Waals surface area contributed by atoms with Crippen LogP contribution in [0.15, 0.2) is 18.2 Å². The van der Waals surface area contributed by atoms with Gasteiger partial charge in [0.15, 0.2) is 0 Å². The molecule has 64 valence electrons. The van der Waals surface area contributed by atoms with Gasteiger partial charge in [-0.15, -0.1) is 0 Å². The molecule has 1 aromatic rings. The van der Waals surface area contributed by atoms with Crippen molar-refractivity contribution in [2.24, 2.45) is 0 Å². The predicted octanol–water partition coefficient (Wildman–Crippen LogP) is 3.09. The summed E-state index contributed by atoms with van der Waals surface area (Å²) >= 11 is 0.